The number of hydrogen-bond acceptors (Lipinski definition) is 4. The second-order valence-corrected chi connectivity index (χ2v) is 5.94. The highest BCUT2D eigenvalue weighted by Crippen LogP contribution is 2.50. The Labute approximate surface area is 136 Å². The lowest BCUT2D eigenvalue weighted by Gasteiger charge is -2.37. The summed E-state index contributed by atoms with van der Waals surface area (Å²) < 4.78 is 82.1. The normalized spacial score (nSPS) is 15.4. The number of hydrogen-bond donors (Lipinski definition) is 0. The maximum absolute atomic E-state index is 12.9. The fourth-order valence-corrected chi connectivity index (χ4v) is 1.81. The van der Waals surface area contributed by atoms with Crippen LogP contribution in [0.4, 0.5) is 26.3 Å². The molecule has 0 amide bonds. The molecule has 0 fully saturated rings. The molecule has 0 aliphatic carbocycles. The molecule has 0 spiro atoms. The van der Waals surface area contributed by atoms with Gasteiger partial charge in [0, 0.05) is 4.43 Å². The second kappa shape index (κ2) is 6.87. The van der Waals surface area contributed by atoms with Crippen molar-refractivity contribution in [2.75, 3.05) is 4.43 Å². The van der Waals surface area contributed by atoms with Crippen LogP contribution in [-0.2, 0) is 9.53 Å². The number of esters is 1. The highest BCUT2D eigenvalue weighted by Gasteiger charge is 2.78. The molecule has 1 atom stereocenters. The lowest BCUT2D eigenvalue weighted by Crippen LogP contribution is -2.63. The maximum atomic E-state index is 12.9. The van der Waals surface area contributed by atoms with E-state index in [0.717, 1.165) is 6.92 Å². The van der Waals surface area contributed by atoms with Crippen LogP contribution >= 0.6 is 22.6 Å². The van der Waals surface area contributed by atoms with Crippen molar-refractivity contribution >= 4 is 28.6 Å². The molecule has 11 heteroatoms. The summed E-state index contributed by atoms with van der Waals surface area (Å²) in [6.45, 7) is 3.53. The van der Waals surface area contributed by atoms with Crippen molar-refractivity contribution in [1.29, 1.82) is 0 Å². The molecule has 0 saturated carbocycles. The van der Waals surface area contributed by atoms with Crippen molar-refractivity contribution in [2.24, 2.45) is 10.6 Å². The van der Waals surface area contributed by atoms with E-state index in [1.165, 1.54) is 19.0 Å². The third-order valence-corrected chi connectivity index (χ3v) is 4.89. The van der Waals surface area contributed by atoms with Gasteiger partial charge in [0.05, 0.1) is 5.41 Å². The fraction of sp³-hybridized carbons (Fsp3) is 0.909. The summed E-state index contributed by atoms with van der Waals surface area (Å²) in [7, 11) is 0. The van der Waals surface area contributed by atoms with E-state index < -0.39 is 41.8 Å². The number of ether oxygens (including phenoxy) is 1. The van der Waals surface area contributed by atoms with Crippen LogP contribution in [0.2, 0.25) is 0 Å². The average Bonchev–Trinajstić information content (AvgIpc) is 2.34. The minimum atomic E-state index is -6.05. The van der Waals surface area contributed by atoms with Crippen LogP contribution in [0, 0.1) is 10.3 Å². The zero-order chi connectivity index (χ0) is 18.0. The molecular weight excluding hydrogens is 435 g/mol. The summed E-state index contributed by atoms with van der Waals surface area (Å²) in [4.78, 5) is 22.3. The predicted molar refractivity (Wildman–Crippen MR) is 73.5 cm³/mol. The van der Waals surface area contributed by atoms with E-state index in [4.69, 9.17) is 0 Å². The quantitative estimate of drug-likeness (QED) is 0.199. The largest absolute Gasteiger partial charge is 0.458 e. The Morgan fingerprint density at radius 3 is 1.77 bits per heavy atom. The van der Waals surface area contributed by atoms with E-state index in [-0.39, 0.29) is 4.43 Å². The van der Waals surface area contributed by atoms with Gasteiger partial charge in [0.2, 0.25) is 0 Å². The van der Waals surface area contributed by atoms with Gasteiger partial charge in [-0.1, -0.05) is 29.5 Å². The number of rotatable bonds is 6. The maximum Gasteiger partial charge on any atom is 0.429 e. The smallest absolute Gasteiger partial charge is 0.429 e. The molecule has 4 nitrogen and oxygen atoms in total. The standard InChI is InChI=1S/C11H14F6INO3/c1-4-6(22-7(20)8(2,3)5-18)9(19-21,10(12,13)14)11(15,16)17/h6H,4-5H2,1-3H3. The first-order valence-corrected chi connectivity index (χ1v) is 7.48. The van der Waals surface area contributed by atoms with E-state index in [2.05, 4.69) is 4.74 Å². The molecule has 0 aromatic heterocycles. The van der Waals surface area contributed by atoms with Crippen molar-refractivity contribution < 1.29 is 35.9 Å². The molecule has 0 aliphatic heterocycles. The molecule has 0 rings (SSSR count). The number of nitrogens with zero attached hydrogens (tertiary/aromatic N) is 1. The SMILES string of the molecule is CCC(OC(=O)C(C)(C)CI)C(N=O)(C(F)(F)F)C(F)(F)F. The molecule has 0 aliphatic rings. The van der Waals surface area contributed by atoms with Crippen molar-refractivity contribution in [3.63, 3.8) is 0 Å². The van der Waals surface area contributed by atoms with Gasteiger partial charge in [0.15, 0.2) is 0 Å². The summed E-state index contributed by atoms with van der Waals surface area (Å²) in [5.41, 5.74) is -6.30. The van der Waals surface area contributed by atoms with Crippen LogP contribution in [-0.4, -0.2) is 34.4 Å². The molecule has 22 heavy (non-hydrogen) atoms. The Bertz CT molecular complexity index is 407. The highest BCUT2D eigenvalue weighted by atomic mass is 127. The van der Waals surface area contributed by atoms with Crippen LogP contribution in [0.5, 0.6) is 0 Å². The minimum absolute atomic E-state index is 0.0968. The van der Waals surface area contributed by atoms with Crippen LogP contribution in [0.1, 0.15) is 27.2 Å². The monoisotopic (exact) mass is 449 g/mol. The molecule has 0 N–H and O–H groups in total. The number of halogens is 7. The second-order valence-electron chi connectivity index (χ2n) is 5.17. The number of carbonyl (C=O) groups is 1. The Morgan fingerprint density at radius 2 is 1.55 bits per heavy atom. The third kappa shape index (κ3) is 3.82. The first-order valence-electron chi connectivity index (χ1n) is 5.96. The summed E-state index contributed by atoms with van der Waals surface area (Å²) in [5, 5.41) is 1.32. The first-order chi connectivity index (χ1) is 9.71. The summed E-state index contributed by atoms with van der Waals surface area (Å²) in [6, 6.07) is 0. The van der Waals surface area contributed by atoms with Crippen molar-refractivity contribution in [2.45, 2.75) is 51.2 Å². The summed E-state index contributed by atoms with van der Waals surface area (Å²) >= 11 is 1.74. The topological polar surface area (TPSA) is 55.7 Å². The average molecular weight is 449 g/mol. The van der Waals surface area contributed by atoms with Gasteiger partial charge < -0.3 is 4.74 Å². The van der Waals surface area contributed by atoms with Gasteiger partial charge in [-0.15, -0.1) is 4.91 Å². The molecule has 130 valence electrons. The molecule has 0 aromatic carbocycles. The Morgan fingerprint density at radius 1 is 1.14 bits per heavy atom. The molecule has 0 radical (unpaired) electrons. The van der Waals surface area contributed by atoms with Gasteiger partial charge in [-0.2, -0.15) is 26.3 Å². The van der Waals surface area contributed by atoms with Gasteiger partial charge in [0.1, 0.15) is 6.10 Å². The van der Waals surface area contributed by atoms with E-state index >= 15 is 0 Å². The Hall–Kier alpha value is -0.620. The molecular formula is C11H14F6INO3. The number of alkyl halides is 7. The van der Waals surface area contributed by atoms with Gasteiger partial charge in [-0.05, 0) is 25.4 Å². The zero-order valence-corrected chi connectivity index (χ0v) is 14.0. The molecule has 0 bridgehead atoms. The lowest BCUT2D eigenvalue weighted by molar-refractivity contribution is -0.319. The Kier molecular flexibility index (Phi) is 6.68. The Balaban J connectivity index is 5.92. The van der Waals surface area contributed by atoms with Crippen LogP contribution < -0.4 is 0 Å². The van der Waals surface area contributed by atoms with Crippen molar-refractivity contribution in [1.82, 2.24) is 0 Å². The van der Waals surface area contributed by atoms with E-state index in [9.17, 15) is 36.0 Å². The van der Waals surface area contributed by atoms with Crippen molar-refractivity contribution in [3.8, 4) is 0 Å². The van der Waals surface area contributed by atoms with Gasteiger partial charge >= 0.3 is 23.9 Å². The third-order valence-electron chi connectivity index (χ3n) is 2.98. The van der Waals surface area contributed by atoms with E-state index in [1.807, 2.05) is 0 Å². The van der Waals surface area contributed by atoms with Crippen LogP contribution in [0.15, 0.2) is 5.18 Å². The zero-order valence-electron chi connectivity index (χ0n) is 11.8. The van der Waals surface area contributed by atoms with Crippen LogP contribution in [0.25, 0.3) is 0 Å². The minimum Gasteiger partial charge on any atom is -0.458 e. The number of carbonyl (C=O) groups excluding carboxylic acids is 1. The molecule has 0 saturated heterocycles. The molecule has 0 heterocycles. The van der Waals surface area contributed by atoms with Gasteiger partial charge in [0.25, 0.3) is 0 Å². The van der Waals surface area contributed by atoms with Crippen LogP contribution in [0.3, 0.4) is 0 Å². The first kappa shape index (κ1) is 21.4. The van der Waals surface area contributed by atoms with Gasteiger partial charge in [-0.3, -0.25) is 4.79 Å². The number of nitroso groups, excluding NO2 is 1. The fourth-order valence-electron chi connectivity index (χ4n) is 1.50. The molecule has 0 aromatic rings. The van der Waals surface area contributed by atoms with Crippen molar-refractivity contribution in [3.05, 3.63) is 4.91 Å². The van der Waals surface area contributed by atoms with Gasteiger partial charge in [-0.25, -0.2) is 0 Å². The predicted octanol–water partition coefficient (Wildman–Crippen LogP) is 4.40. The summed E-state index contributed by atoms with van der Waals surface area (Å²) in [5.74, 6) is -1.27. The molecule has 1 unspecified atom stereocenters. The van der Waals surface area contributed by atoms with E-state index in [0.29, 0.717) is 0 Å². The highest BCUT2D eigenvalue weighted by molar-refractivity contribution is 14.1. The summed E-state index contributed by atoms with van der Waals surface area (Å²) in [6.07, 6.45) is -15.8. The van der Waals surface area contributed by atoms with E-state index in [1.54, 1.807) is 22.6 Å². The lowest BCUT2D eigenvalue weighted by atomic mass is 9.89.